The summed E-state index contributed by atoms with van der Waals surface area (Å²) < 4.78 is 24.2. The number of thioether (sulfide) groups is 1. The Morgan fingerprint density at radius 1 is 1.39 bits per heavy atom. The Balaban J connectivity index is 2.17. The second kappa shape index (κ2) is 8.61. The summed E-state index contributed by atoms with van der Waals surface area (Å²) in [6, 6.07) is 6.24. The van der Waals surface area contributed by atoms with Crippen LogP contribution in [0.4, 0.5) is 4.39 Å². The molecule has 0 radical (unpaired) electrons. The summed E-state index contributed by atoms with van der Waals surface area (Å²) in [7, 11) is -0.715. The first-order valence-corrected chi connectivity index (χ1v) is 8.54. The van der Waals surface area contributed by atoms with Crippen molar-refractivity contribution < 1.29 is 8.60 Å². The topological polar surface area (TPSA) is 29.1 Å². The van der Waals surface area contributed by atoms with E-state index in [1.54, 1.807) is 18.4 Å². The Morgan fingerprint density at radius 3 is 2.67 bits per heavy atom. The number of rotatable bonds is 6. The van der Waals surface area contributed by atoms with Crippen LogP contribution in [0.25, 0.3) is 0 Å². The average Bonchev–Trinajstić information content (AvgIpc) is 2.31. The molecule has 100 valence electrons. The summed E-state index contributed by atoms with van der Waals surface area (Å²) in [6.45, 7) is 0.782. The lowest BCUT2D eigenvalue weighted by Gasteiger charge is -2.07. The molecule has 0 spiro atoms. The van der Waals surface area contributed by atoms with Crippen LogP contribution in [0.3, 0.4) is 0 Å². The third-order valence-electron chi connectivity index (χ3n) is 2.15. The molecule has 1 rings (SSSR count). The minimum atomic E-state index is -0.715. The molecular weight excluding hydrogens is 289 g/mol. The molecule has 1 aromatic rings. The van der Waals surface area contributed by atoms with Crippen LogP contribution in [-0.4, -0.2) is 27.1 Å². The van der Waals surface area contributed by atoms with Gasteiger partial charge in [0.2, 0.25) is 0 Å². The normalized spacial score (nSPS) is 12.1. The Bertz CT molecular complexity index is 408. The Kier molecular flexibility index (Phi) is 7.46. The number of nitrogens with one attached hydrogen (secondary N) is 1. The molecule has 0 aromatic heterocycles. The van der Waals surface area contributed by atoms with Gasteiger partial charge in [0, 0.05) is 34.2 Å². The van der Waals surface area contributed by atoms with Crippen LogP contribution in [0, 0.1) is 5.82 Å². The summed E-state index contributed by atoms with van der Waals surface area (Å²) in [5.74, 6) is 0.491. The van der Waals surface area contributed by atoms with Crippen molar-refractivity contribution in [2.45, 2.75) is 17.7 Å². The van der Waals surface area contributed by atoms with Gasteiger partial charge >= 0.3 is 0 Å². The first-order chi connectivity index (χ1) is 8.58. The van der Waals surface area contributed by atoms with Gasteiger partial charge in [0.25, 0.3) is 0 Å². The fourth-order valence-corrected chi connectivity index (χ4v) is 2.93. The smallest absolute Gasteiger partial charge is 0.138 e. The molecule has 0 fully saturated rings. The second-order valence-electron chi connectivity index (χ2n) is 3.75. The highest BCUT2D eigenvalue weighted by Gasteiger charge is 2.00. The fraction of sp³-hybridized carbons (Fsp3) is 0.417. The predicted octanol–water partition coefficient (Wildman–Crippen LogP) is 2.95. The van der Waals surface area contributed by atoms with Crippen LogP contribution in [-0.2, 0) is 10.8 Å². The number of hydrogen-bond donors (Lipinski definition) is 1. The number of halogens is 1. The van der Waals surface area contributed by atoms with Crippen LogP contribution in [0.1, 0.15) is 12.8 Å². The zero-order valence-electron chi connectivity index (χ0n) is 10.1. The third-order valence-corrected chi connectivity index (χ3v) is 4.25. The minimum Gasteiger partial charge on any atom is -0.371 e. The largest absolute Gasteiger partial charge is 0.371 e. The Morgan fingerprint density at radius 2 is 2.06 bits per heavy atom. The maximum atomic E-state index is 12.7. The molecule has 18 heavy (non-hydrogen) atoms. The van der Waals surface area contributed by atoms with Gasteiger partial charge in [0.1, 0.15) is 10.1 Å². The van der Waals surface area contributed by atoms with Crippen molar-refractivity contribution in [1.29, 1.82) is 0 Å². The maximum absolute atomic E-state index is 12.7. The second-order valence-corrected chi connectivity index (χ2v) is 7.06. The van der Waals surface area contributed by atoms with E-state index < -0.39 is 10.8 Å². The van der Waals surface area contributed by atoms with Crippen molar-refractivity contribution in [3.63, 3.8) is 0 Å². The maximum Gasteiger partial charge on any atom is 0.138 e. The number of hydrogen-bond acceptors (Lipinski definition) is 3. The first kappa shape index (κ1) is 15.6. The summed E-state index contributed by atoms with van der Waals surface area (Å²) in [6.07, 6.45) is 3.59. The standard InChI is InChI=1S/C12H16FNOS3/c1-18(15)9-3-2-8-14-12(16)17-11-6-4-10(13)5-7-11/h4-7H,2-3,8-9H2,1H3,(H,14,16). The minimum absolute atomic E-state index is 0.245. The summed E-state index contributed by atoms with van der Waals surface area (Å²) >= 11 is 6.58. The van der Waals surface area contributed by atoms with Crippen LogP contribution >= 0.6 is 24.0 Å². The molecule has 0 bridgehead atoms. The van der Waals surface area contributed by atoms with Crippen molar-refractivity contribution in [2.24, 2.45) is 0 Å². The van der Waals surface area contributed by atoms with E-state index in [0.717, 1.165) is 30.0 Å². The van der Waals surface area contributed by atoms with Gasteiger partial charge in [-0.15, -0.1) is 0 Å². The number of benzene rings is 1. The zero-order valence-corrected chi connectivity index (χ0v) is 12.6. The molecule has 2 nitrogen and oxygen atoms in total. The molecule has 0 saturated carbocycles. The lowest BCUT2D eigenvalue weighted by Crippen LogP contribution is -2.19. The van der Waals surface area contributed by atoms with E-state index in [1.165, 1.54) is 23.9 Å². The monoisotopic (exact) mass is 305 g/mol. The average molecular weight is 305 g/mol. The summed E-state index contributed by atoms with van der Waals surface area (Å²) in [4.78, 5) is 0.920. The molecule has 0 aliphatic rings. The Hall–Kier alpha value is -0.460. The van der Waals surface area contributed by atoms with Crippen LogP contribution in [0.2, 0.25) is 0 Å². The molecule has 0 heterocycles. The lowest BCUT2D eigenvalue weighted by molar-refractivity contribution is 0.626. The van der Waals surface area contributed by atoms with Gasteiger partial charge < -0.3 is 5.32 Å². The highest BCUT2D eigenvalue weighted by atomic mass is 32.2. The number of unbranched alkanes of at least 4 members (excludes halogenated alkanes) is 1. The predicted molar refractivity (Wildman–Crippen MR) is 81.0 cm³/mol. The van der Waals surface area contributed by atoms with Crippen LogP contribution < -0.4 is 5.32 Å². The molecular formula is C12H16FNOS3. The van der Waals surface area contributed by atoms with Crippen LogP contribution in [0.5, 0.6) is 0 Å². The zero-order chi connectivity index (χ0) is 13.4. The molecule has 1 atom stereocenters. The molecule has 0 aliphatic heterocycles. The van der Waals surface area contributed by atoms with E-state index in [-0.39, 0.29) is 5.82 Å². The van der Waals surface area contributed by atoms with Crippen molar-refractivity contribution in [3.05, 3.63) is 30.1 Å². The Labute approximate surface area is 119 Å². The SMILES string of the molecule is CS(=O)CCCCNC(=S)Sc1ccc(F)cc1. The molecule has 0 saturated heterocycles. The van der Waals surface area contributed by atoms with Gasteiger partial charge in [-0.3, -0.25) is 4.21 Å². The van der Waals surface area contributed by atoms with Crippen LogP contribution in [0.15, 0.2) is 29.2 Å². The summed E-state index contributed by atoms with van der Waals surface area (Å²) in [5, 5.41) is 3.12. The van der Waals surface area contributed by atoms with Gasteiger partial charge in [-0.05, 0) is 37.1 Å². The highest BCUT2D eigenvalue weighted by molar-refractivity contribution is 8.23. The quantitative estimate of drug-likeness (QED) is 0.497. The van der Waals surface area contributed by atoms with Gasteiger partial charge in [0.15, 0.2) is 0 Å². The van der Waals surface area contributed by atoms with Gasteiger partial charge in [-0.1, -0.05) is 24.0 Å². The van der Waals surface area contributed by atoms with E-state index in [0.29, 0.717) is 4.32 Å². The molecule has 6 heteroatoms. The van der Waals surface area contributed by atoms with E-state index >= 15 is 0 Å². The summed E-state index contributed by atoms with van der Waals surface area (Å²) in [5.41, 5.74) is 0. The van der Waals surface area contributed by atoms with Gasteiger partial charge in [-0.2, -0.15) is 0 Å². The van der Waals surface area contributed by atoms with Crippen molar-refractivity contribution in [2.75, 3.05) is 18.6 Å². The highest BCUT2D eigenvalue weighted by Crippen LogP contribution is 2.18. The molecule has 1 N–H and O–H groups in total. The molecule has 1 aromatic carbocycles. The van der Waals surface area contributed by atoms with Gasteiger partial charge in [-0.25, -0.2) is 4.39 Å². The van der Waals surface area contributed by atoms with E-state index in [1.807, 2.05) is 0 Å². The molecule has 0 amide bonds. The van der Waals surface area contributed by atoms with Crippen molar-refractivity contribution in [3.8, 4) is 0 Å². The van der Waals surface area contributed by atoms with E-state index in [4.69, 9.17) is 12.2 Å². The molecule has 0 aliphatic carbocycles. The van der Waals surface area contributed by atoms with Crippen molar-refractivity contribution in [1.82, 2.24) is 5.32 Å². The van der Waals surface area contributed by atoms with E-state index in [9.17, 15) is 8.60 Å². The molecule has 1 unspecified atom stereocenters. The lowest BCUT2D eigenvalue weighted by atomic mass is 10.3. The third kappa shape index (κ3) is 7.08. The van der Waals surface area contributed by atoms with Crippen molar-refractivity contribution >= 4 is 39.1 Å². The number of thiocarbonyl (C=S) groups is 1. The first-order valence-electron chi connectivity index (χ1n) is 5.59. The fourth-order valence-electron chi connectivity index (χ4n) is 1.27. The van der Waals surface area contributed by atoms with Gasteiger partial charge in [0.05, 0.1) is 0 Å². The van der Waals surface area contributed by atoms with E-state index in [2.05, 4.69) is 5.32 Å².